The third-order valence-corrected chi connectivity index (χ3v) is 4.26. The maximum Gasteiger partial charge on any atom is 0.160 e. The first-order chi connectivity index (χ1) is 10.8. The number of imidazole rings is 1. The van der Waals surface area contributed by atoms with Crippen LogP contribution in [0.25, 0.3) is 22.6 Å². The summed E-state index contributed by atoms with van der Waals surface area (Å²) < 4.78 is 2.31. The van der Waals surface area contributed by atoms with Crippen LogP contribution in [-0.4, -0.2) is 32.6 Å². The van der Waals surface area contributed by atoms with Gasteiger partial charge in [-0.1, -0.05) is 0 Å². The maximum atomic E-state index is 4.86. The fraction of sp³-hybridized carbons (Fsp3) is 0.353. The van der Waals surface area contributed by atoms with Crippen molar-refractivity contribution in [2.45, 2.75) is 25.8 Å². The number of nitrogens with one attached hydrogen (secondary N) is 1. The molecule has 1 saturated heterocycles. The fourth-order valence-electron chi connectivity index (χ4n) is 3.19. The molecule has 0 spiro atoms. The van der Waals surface area contributed by atoms with Crippen molar-refractivity contribution in [3.05, 3.63) is 42.4 Å². The van der Waals surface area contributed by atoms with Crippen LogP contribution in [0.15, 0.2) is 36.8 Å². The quantitative estimate of drug-likeness (QED) is 0.789. The predicted octanol–water partition coefficient (Wildman–Crippen LogP) is 2.73. The third-order valence-electron chi connectivity index (χ3n) is 4.26. The Bertz CT molecular complexity index is 787. The number of nitrogens with zero attached hydrogens (tertiary/aromatic N) is 4. The minimum Gasteiger partial charge on any atom is -0.317 e. The Kier molecular flexibility index (Phi) is 3.35. The van der Waals surface area contributed by atoms with E-state index in [1.165, 1.54) is 0 Å². The lowest BCUT2D eigenvalue weighted by Gasteiger charge is -2.25. The first-order valence-corrected chi connectivity index (χ1v) is 7.78. The van der Waals surface area contributed by atoms with Gasteiger partial charge < -0.3 is 9.88 Å². The smallest absolute Gasteiger partial charge is 0.160 e. The molecule has 0 unspecified atom stereocenters. The Morgan fingerprint density at radius 2 is 2.09 bits per heavy atom. The van der Waals surface area contributed by atoms with Crippen LogP contribution in [0.4, 0.5) is 0 Å². The molecule has 0 saturated carbocycles. The maximum absolute atomic E-state index is 4.86. The van der Waals surface area contributed by atoms with Crippen LogP contribution in [-0.2, 0) is 0 Å². The van der Waals surface area contributed by atoms with E-state index in [0.29, 0.717) is 6.04 Å². The molecular weight excluding hydrogens is 274 g/mol. The van der Waals surface area contributed by atoms with Crippen LogP contribution in [0.2, 0.25) is 0 Å². The number of aromatic nitrogens is 4. The van der Waals surface area contributed by atoms with E-state index < -0.39 is 0 Å². The molecule has 0 amide bonds. The van der Waals surface area contributed by atoms with E-state index in [9.17, 15) is 0 Å². The van der Waals surface area contributed by atoms with Gasteiger partial charge in [0.05, 0.1) is 0 Å². The van der Waals surface area contributed by atoms with Gasteiger partial charge in [0.15, 0.2) is 5.65 Å². The number of piperidine rings is 1. The highest BCUT2D eigenvalue weighted by Gasteiger charge is 2.22. The number of rotatable bonds is 2. The summed E-state index contributed by atoms with van der Waals surface area (Å²) in [6.07, 6.45) is 7.81. The van der Waals surface area contributed by atoms with Crippen LogP contribution >= 0.6 is 0 Å². The molecule has 0 aromatic carbocycles. The largest absolute Gasteiger partial charge is 0.317 e. The molecule has 5 nitrogen and oxygen atoms in total. The molecule has 1 fully saturated rings. The van der Waals surface area contributed by atoms with Crippen molar-refractivity contribution in [2.75, 3.05) is 13.1 Å². The lowest BCUT2D eigenvalue weighted by atomic mass is 10.1. The van der Waals surface area contributed by atoms with Crippen molar-refractivity contribution in [3.63, 3.8) is 0 Å². The van der Waals surface area contributed by atoms with E-state index in [2.05, 4.69) is 38.9 Å². The molecule has 22 heavy (non-hydrogen) atoms. The molecular formula is C17H19N5. The lowest BCUT2D eigenvalue weighted by Crippen LogP contribution is -2.29. The molecule has 1 aliphatic heterocycles. The van der Waals surface area contributed by atoms with Gasteiger partial charge in [-0.05, 0) is 56.6 Å². The zero-order valence-corrected chi connectivity index (χ0v) is 12.7. The van der Waals surface area contributed by atoms with Crippen molar-refractivity contribution >= 4 is 11.2 Å². The SMILES string of the molecule is Cc1cnc2c(c1)nc(-c1cccnc1)n2C1CCNCC1. The van der Waals surface area contributed by atoms with E-state index in [0.717, 1.165) is 54.0 Å². The molecule has 1 N–H and O–H groups in total. The first kappa shape index (κ1) is 13.4. The Labute approximate surface area is 129 Å². The molecule has 4 rings (SSSR count). The van der Waals surface area contributed by atoms with Crippen molar-refractivity contribution in [1.29, 1.82) is 0 Å². The van der Waals surface area contributed by atoms with Crippen molar-refractivity contribution < 1.29 is 0 Å². The summed E-state index contributed by atoms with van der Waals surface area (Å²) in [4.78, 5) is 13.8. The standard InChI is InChI=1S/C17H19N5/c1-12-9-15-17(20-10-12)22(14-4-7-18-8-5-14)16(21-15)13-3-2-6-19-11-13/h2-3,6,9-11,14,18H,4-5,7-8H2,1H3. The molecule has 1 aliphatic rings. The molecule has 3 aromatic heterocycles. The van der Waals surface area contributed by atoms with E-state index in [1.807, 2.05) is 18.5 Å². The monoisotopic (exact) mass is 293 g/mol. The van der Waals surface area contributed by atoms with E-state index in [4.69, 9.17) is 4.98 Å². The molecule has 3 aromatic rings. The Hall–Kier alpha value is -2.27. The summed E-state index contributed by atoms with van der Waals surface area (Å²) in [6.45, 7) is 4.14. The second-order valence-electron chi connectivity index (χ2n) is 5.88. The summed E-state index contributed by atoms with van der Waals surface area (Å²) in [5.41, 5.74) is 4.14. The van der Waals surface area contributed by atoms with E-state index in [1.54, 1.807) is 6.20 Å². The first-order valence-electron chi connectivity index (χ1n) is 7.78. The second kappa shape index (κ2) is 5.50. The van der Waals surface area contributed by atoms with E-state index in [-0.39, 0.29) is 0 Å². The van der Waals surface area contributed by atoms with Gasteiger partial charge in [0.2, 0.25) is 0 Å². The average Bonchev–Trinajstić information content (AvgIpc) is 2.95. The van der Waals surface area contributed by atoms with Crippen LogP contribution < -0.4 is 5.32 Å². The highest BCUT2D eigenvalue weighted by atomic mass is 15.2. The molecule has 112 valence electrons. The molecule has 5 heteroatoms. The van der Waals surface area contributed by atoms with Gasteiger partial charge in [-0.15, -0.1) is 0 Å². The summed E-state index contributed by atoms with van der Waals surface area (Å²) in [7, 11) is 0. The lowest BCUT2D eigenvalue weighted by molar-refractivity contribution is 0.376. The van der Waals surface area contributed by atoms with Gasteiger partial charge in [-0.3, -0.25) is 4.98 Å². The Morgan fingerprint density at radius 1 is 1.23 bits per heavy atom. The highest BCUT2D eigenvalue weighted by Crippen LogP contribution is 2.31. The number of pyridine rings is 2. The van der Waals surface area contributed by atoms with Gasteiger partial charge in [0.1, 0.15) is 11.3 Å². The molecule has 0 bridgehead atoms. The van der Waals surface area contributed by atoms with Crippen LogP contribution in [0, 0.1) is 6.92 Å². The second-order valence-corrected chi connectivity index (χ2v) is 5.88. The molecule has 0 atom stereocenters. The average molecular weight is 293 g/mol. The Balaban J connectivity index is 1.93. The van der Waals surface area contributed by atoms with Crippen molar-refractivity contribution in [2.24, 2.45) is 0 Å². The minimum atomic E-state index is 0.441. The number of hydrogen-bond acceptors (Lipinski definition) is 4. The zero-order chi connectivity index (χ0) is 14.9. The Morgan fingerprint density at radius 3 is 2.86 bits per heavy atom. The fourth-order valence-corrected chi connectivity index (χ4v) is 3.19. The zero-order valence-electron chi connectivity index (χ0n) is 12.7. The van der Waals surface area contributed by atoms with Crippen LogP contribution in [0.1, 0.15) is 24.4 Å². The number of fused-ring (bicyclic) bond motifs is 1. The summed E-state index contributed by atoms with van der Waals surface area (Å²) in [6, 6.07) is 6.58. The number of aryl methyl sites for hydroxylation is 1. The molecule has 0 aliphatic carbocycles. The number of hydrogen-bond donors (Lipinski definition) is 1. The van der Waals surface area contributed by atoms with Gasteiger partial charge in [0, 0.05) is 30.2 Å². The molecule has 0 radical (unpaired) electrons. The van der Waals surface area contributed by atoms with E-state index >= 15 is 0 Å². The summed E-state index contributed by atoms with van der Waals surface area (Å²) in [5.74, 6) is 0.980. The van der Waals surface area contributed by atoms with Crippen molar-refractivity contribution in [3.8, 4) is 11.4 Å². The minimum absolute atomic E-state index is 0.441. The predicted molar refractivity (Wildman–Crippen MR) is 86.6 cm³/mol. The van der Waals surface area contributed by atoms with Gasteiger partial charge >= 0.3 is 0 Å². The van der Waals surface area contributed by atoms with Gasteiger partial charge in [0.25, 0.3) is 0 Å². The topological polar surface area (TPSA) is 55.6 Å². The summed E-state index contributed by atoms with van der Waals surface area (Å²) >= 11 is 0. The highest BCUT2D eigenvalue weighted by molar-refractivity contribution is 5.77. The summed E-state index contributed by atoms with van der Waals surface area (Å²) in [5, 5.41) is 3.43. The van der Waals surface area contributed by atoms with Crippen molar-refractivity contribution in [1.82, 2.24) is 24.8 Å². The van der Waals surface area contributed by atoms with Crippen LogP contribution in [0.3, 0.4) is 0 Å². The van der Waals surface area contributed by atoms with Gasteiger partial charge in [-0.25, -0.2) is 9.97 Å². The molecule has 4 heterocycles. The van der Waals surface area contributed by atoms with Crippen LogP contribution in [0.5, 0.6) is 0 Å². The normalized spacial score (nSPS) is 16.2. The third kappa shape index (κ3) is 2.27. The van der Waals surface area contributed by atoms with Gasteiger partial charge in [-0.2, -0.15) is 0 Å².